The van der Waals surface area contributed by atoms with Crippen molar-refractivity contribution in [3.63, 3.8) is 0 Å². The van der Waals surface area contributed by atoms with E-state index in [1.807, 2.05) is 0 Å². The van der Waals surface area contributed by atoms with E-state index in [0.29, 0.717) is 0 Å². The number of likely N-dealkylation sites (N-methyl/N-ethyl adjacent to an activating group) is 1. The molecule has 0 aromatic heterocycles. The topological polar surface area (TPSA) is 89.4 Å². The van der Waals surface area contributed by atoms with Gasteiger partial charge in [-0.05, 0) is 6.92 Å². The number of rotatable bonds is 3. The first-order valence-electron chi connectivity index (χ1n) is 2.85. The molecule has 0 saturated carbocycles. The number of nitrogens with two attached hydrogens (primary N) is 2. The average molecular weight is 167 g/mol. The summed E-state index contributed by atoms with van der Waals surface area (Å²) in [5.41, 5.74) is 5.21. The van der Waals surface area contributed by atoms with Crippen molar-refractivity contribution in [2.45, 2.75) is 13.0 Å². The zero-order valence-corrected chi connectivity index (χ0v) is 6.93. The lowest BCUT2D eigenvalue weighted by atomic mass is 10.4. The van der Waals surface area contributed by atoms with Crippen LogP contribution in [-0.4, -0.2) is 32.4 Å². The van der Waals surface area contributed by atoms with Gasteiger partial charge in [0, 0.05) is 19.6 Å². The second-order valence-corrected chi connectivity index (χ2v) is 3.75. The minimum atomic E-state index is -3.56. The number of nitrogens with zero attached hydrogens (tertiary/aromatic N) is 1. The van der Waals surface area contributed by atoms with Gasteiger partial charge in [-0.25, -0.2) is 5.14 Å². The van der Waals surface area contributed by atoms with E-state index in [-0.39, 0.29) is 12.6 Å². The maximum absolute atomic E-state index is 10.6. The van der Waals surface area contributed by atoms with Crippen molar-refractivity contribution in [1.82, 2.24) is 4.31 Å². The summed E-state index contributed by atoms with van der Waals surface area (Å²) in [5.74, 6) is 0. The second-order valence-electron chi connectivity index (χ2n) is 2.15. The third-order valence-electron chi connectivity index (χ3n) is 1.36. The highest BCUT2D eigenvalue weighted by Gasteiger charge is 2.16. The molecule has 0 rings (SSSR count). The molecule has 0 fully saturated rings. The fourth-order valence-corrected chi connectivity index (χ4v) is 0.987. The maximum Gasteiger partial charge on any atom is 0.276 e. The van der Waals surface area contributed by atoms with Crippen LogP contribution in [0.25, 0.3) is 0 Å². The molecule has 5 nitrogen and oxygen atoms in total. The molecule has 0 aliphatic rings. The Morgan fingerprint density at radius 3 is 2.10 bits per heavy atom. The van der Waals surface area contributed by atoms with Crippen molar-refractivity contribution in [2.75, 3.05) is 13.6 Å². The zero-order valence-electron chi connectivity index (χ0n) is 6.11. The van der Waals surface area contributed by atoms with E-state index in [1.165, 1.54) is 7.05 Å². The van der Waals surface area contributed by atoms with Gasteiger partial charge in [0.25, 0.3) is 10.2 Å². The largest absolute Gasteiger partial charge is 0.329 e. The molecule has 0 spiro atoms. The Labute approximate surface area is 61.2 Å². The van der Waals surface area contributed by atoms with E-state index in [1.54, 1.807) is 6.92 Å². The van der Waals surface area contributed by atoms with E-state index in [2.05, 4.69) is 0 Å². The summed E-state index contributed by atoms with van der Waals surface area (Å²) < 4.78 is 22.2. The average Bonchev–Trinajstić information content (AvgIpc) is 1.83. The van der Waals surface area contributed by atoms with Crippen LogP contribution in [-0.2, 0) is 10.2 Å². The van der Waals surface area contributed by atoms with Crippen LogP contribution >= 0.6 is 0 Å². The maximum atomic E-state index is 10.6. The lowest BCUT2D eigenvalue weighted by Crippen LogP contribution is -2.43. The van der Waals surface area contributed by atoms with E-state index in [4.69, 9.17) is 10.9 Å². The zero-order chi connectivity index (χ0) is 8.36. The monoisotopic (exact) mass is 167 g/mol. The third kappa shape index (κ3) is 2.61. The quantitative estimate of drug-likeness (QED) is 0.534. The predicted molar refractivity (Wildman–Crippen MR) is 39.4 cm³/mol. The fourth-order valence-electron chi connectivity index (χ4n) is 0.399. The van der Waals surface area contributed by atoms with Gasteiger partial charge in [-0.2, -0.15) is 12.7 Å². The molecule has 0 aromatic rings. The minimum Gasteiger partial charge on any atom is -0.329 e. The Morgan fingerprint density at radius 1 is 1.60 bits per heavy atom. The van der Waals surface area contributed by atoms with Crippen LogP contribution in [0.5, 0.6) is 0 Å². The van der Waals surface area contributed by atoms with E-state index >= 15 is 0 Å². The minimum absolute atomic E-state index is 0.241. The van der Waals surface area contributed by atoms with Gasteiger partial charge in [0.1, 0.15) is 0 Å². The van der Waals surface area contributed by atoms with Crippen LogP contribution in [0.15, 0.2) is 0 Å². The molecule has 0 aromatic carbocycles. The van der Waals surface area contributed by atoms with Crippen LogP contribution in [0.1, 0.15) is 6.92 Å². The fraction of sp³-hybridized carbons (Fsp3) is 1.00. The SMILES string of the molecule is C[C@H](CN)N(C)S(N)(=O)=O. The molecule has 0 heterocycles. The van der Waals surface area contributed by atoms with E-state index in [9.17, 15) is 8.42 Å². The summed E-state index contributed by atoms with van der Waals surface area (Å²) in [6.07, 6.45) is 0. The first kappa shape index (κ1) is 9.83. The molecule has 0 unspecified atom stereocenters. The molecule has 0 saturated heterocycles. The van der Waals surface area contributed by atoms with E-state index < -0.39 is 10.2 Å². The summed E-state index contributed by atoms with van der Waals surface area (Å²) in [5, 5.41) is 4.80. The molecule has 0 aliphatic carbocycles. The van der Waals surface area contributed by atoms with Gasteiger partial charge in [-0.15, -0.1) is 0 Å². The molecule has 62 valence electrons. The van der Waals surface area contributed by atoms with Crippen molar-refractivity contribution >= 4 is 10.2 Å². The lowest BCUT2D eigenvalue weighted by Gasteiger charge is -2.19. The molecule has 10 heavy (non-hydrogen) atoms. The Balaban J connectivity index is 4.23. The molecular weight excluding hydrogens is 154 g/mol. The van der Waals surface area contributed by atoms with Crippen LogP contribution in [0.3, 0.4) is 0 Å². The van der Waals surface area contributed by atoms with Gasteiger partial charge in [-0.1, -0.05) is 0 Å². The van der Waals surface area contributed by atoms with Crippen molar-refractivity contribution in [3.8, 4) is 0 Å². The molecule has 6 heteroatoms. The van der Waals surface area contributed by atoms with Gasteiger partial charge in [0.2, 0.25) is 0 Å². The van der Waals surface area contributed by atoms with E-state index in [0.717, 1.165) is 4.31 Å². The first-order chi connectivity index (χ1) is 4.39. The van der Waals surface area contributed by atoms with Crippen molar-refractivity contribution < 1.29 is 8.42 Å². The summed E-state index contributed by atoms with van der Waals surface area (Å²) in [7, 11) is -2.17. The van der Waals surface area contributed by atoms with Gasteiger partial charge in [0.05, 0.1) is 0 Å². The molecule has 1 atom stereocenters. The van der Waals surface area contributed by atoms with Gasteiger partial charge < -0.3 is 5.73 Å². The van der Waals surface area contributed by atoms with Crippen molar-refractivity contribution in [1.29, 1.82) is 0 Å². The molecule has 0 bridgehead atoms. The van der Waals surface area contributed by atoms with Crippen LogP contribution in [0.4, 0.5) is 0 Å². The Morgan fingerprint density at radius 2 is 2.00 bits per heavy atom. The van der Waals surface area contributed by atoms with Crippen LogP contribution in [0.2, 0.25) is 0 Å². The second kappa shape index (κ2) is 3.29. The first-order valence-corrected chi connectivity index (χ1v) is 4.35. The van der Waals surface area contributed by atoms with Gasteiger partial charge in [0.15, 0.2) is 0 Å². The van der Waals surface area contributed by atoms with Crippen molar-refractivity contribution in [3.05, 3.63) is 0 Å². The Bertz CT molecular complexity index is 189. The standard InChI is InChI=1S/C4H13N3O2S/c1-4(3-5)7(2)10(6,8)9/h4H,3,5H2,1-2H3,(H2,6,8,9)/t4-/m1/s1. The molecule has 0 aliphatic heterocycles. The summed E-state index contributed by atoms with van der Waals surface area (Å²) in [6, 6.07) is -0.241. The molecule has 0 radical (unpaired) electrons. The van der Waals surface area contributed by atoms with Crippen LogP contribution in [0, 0.1) is 0 Å². The highest BCUT2D eigenvalue weighted by Crippen LogP contribution is 1.95. The summed E-state index contributed by atoms with van der Waals surface area (Å²) in [6.45, 7) is 1.96. The summed E-state index contributed by atoms with van der Waals surface area (Å²) >= 11 is 0. The highest BCUT2D eigenvalue weighted by atomic mass is 32.2. The number of hydrogen-bond donors (Lipinski definition) is 2. The van der Waals surface area contributed by atoms with Crippen LogP contribution < -0.4 is 10.9 Å². The smallest absolute Gasteiger partial charge is 0.276 e. The Hall–Kier alpha value is -0.170. The van der Waals surface area contributed by atoms with Crippen molar-refractivity contribution in [2.24, 2.45) is 10.9 Å². The normalized spacial score (nSPS) is 15.7. The summed E-state index contributed by atoms with van der Waals surface area (Å²) in [4.78, 5) is 0. The molecule has 4 N–H and O–H groups in total. The number of hydrogen-bond acceptors (Lipinski definition) is 3. The van der Waals surface area contributed by atoms with Gasteiger partial charge in [-0.3, -0.25) is 0 Å². The highest BCUT2D eigenvalue weighted by molar-refractivity contribution is 7.86. The molecular formula is C4H13N3O2S. The van der Waals surface area contributed by atoms with Gasteiger partial charge >= 0.3 is 0 Å². The third-order valence-corrected chi connectivity index (χ3v) is 2.53. The Kier molecular flexibility index (Phi) is 3.23. The lowest BCUT2D eigenvalue weighted by molar-refractivity contribution is 0.395. The molecule has 0 amide bonds. The predicted octanol–water partition coefficient (Wildman–Crippen LogP) is -1.53.